The normalized spacial score (nSPS) is 18.1. The third kappa shape index (κ3) is 11.2. The number of rotatable bonds is 22. The summed E-state index contributed by atoms with van der Waals surface area (Å²) >= 11 is 0. The number of pyridine rings is 2. The number of hydrogen-bond acceptors (Lipinski definition) is 17. The number of fused-ring (bicyclic) bond motifs is 7. The van der Waals surface area contributed by atoms with E-state index in [9.17, 15) is 58.2 Å². The van der Waals surface area contributed by atoms with E-state index in [1.165, 1.54) is 47.9 Å². The van der Waals surface area contributed by atoms with Crippen LogP contribution in [0.5, 0.6) is 17.2 Å². The van der Waals surface area contributed by atoms with Crippen LogP contribution in [-0.2, 0) is 84.2 Å². The molecule has 25 nitrogen and oxygen atoms in total. The van der Waals surface area contributed by atoms with Crippen molar-refractivity contribution in [2.75, 3.05) is 39.7 Å². The van der Waals surface area contributed by atoms with Gasteiger partial charge in [-0.3, -0.25) is 48.1 Å². The Labute approximate surface area is 444 Å². The van der Waals surface area contributed by atoms with E-state index in [1.54, 1.807) is 19.1 Å². The van der Waals surface area contributed by atoms with Crippen molar-refractivity contribution in [3.8, 4) is 28.6 Å². The van der Waals surface area contributed by atoms with Crippen molar-refractivity contribution in [2.45, 2.75) is 102 Å². The average molecular weight is 1080 g/mol. The van der Waals surface area contributed by atoms with Crippen molar-refractivity contribution in [1.29, 1.82) is 0 Å². The molecule has 78 heavy (non-hydrogen) atoms. The first kappa shape index (κ1) is 54.1. The molecule has 0 spiro atoms. The molecule has 0 fully saturated rings. The molecule has 2 aromatic heterocycles. The largest absolute Gasteiger partial charge is 0.508 e. The summed E-state index contributed by atoms with van der Waals surface area (Å²) in [7, 11) is 0. The molecular weight excluding hydrogens is 1020 g/mol. The minimum atomic E-state index is -2.03. The van der Waals surface area contributed by atoms with Gasteiger partial charge in [-0.05, 0) is 68.4 Å². The topological polar surface area (TPSA) is 341 Å². The molecule has 4 aliphatic heterocycles. The Hall–Kier alpha value is -8.71. The number of ether oxygens (including phenoxy) is 4. The number of aromatic nitrogens is 2. The molecule has 4 aromatic rings. The first-order valence-electron chi connectivity index (χ1n) is 25.5. The highest BCUT2D eigenvalue weighted by atomic mass is 16.7. The number of esters is 1. The lowest BCUT2D eigenvalue weighted by atomic mass is 9.82. The standard InChI is InChI=1S/C53H57N9O16/c1-3-53(74)33-18-37-47-31(23-62(37)51(72)32(33)24-75-52(53)73)46-34(13-12-30-45(46)35(59-47)19-38-48(30)78-26-77-38)60-49(70)27(2)76-25-57-41(66)21-56-50(71)36(17-28-8-10-29(63)11-9-28)58-42(67)22-55-40(65)20-54-39(64)7-5-4-6-16-61-43(68)14-15-44(61)69/h8-11,14-15,18-19,27,34,36,63,74H,3-7,12-13,16-17,20-26H2,1-2H3,(H,54,64)(H,55,65)(H,56,71)(H,57,66)(H,58,67)(H,60,70)/t27-,34+,36+,53+/m1/s1. The molecule has 4 atom stereocenters. The van der Waals surface area contributed by atoms with Gasteiger partial charge in [0.1, 0.15) is 31.2 Å². The second-order valence-electron chi connectivity index (χ2n) is 19.3. The predicted molar refractivity (Wildman–Crippen MR) is 271 cm³/mol. The Balaban J connectivity index is 0.767. The maximum Gasteiger partial charge on any atom is 0.343 e. The summed E-state index contributed by atoms with van der Waals surface area (Å²) in [6.45, 7) is 1.16. The van der Waals surface area contributed by atoms with Crippen molar-refractivity contribution in [3.05, 3.63) is 92.3 Å². The van der Waals surface area contributed by atoms with E-state index in [-0.39, 0.29) is 74.4 Å². The van der Waals surface area contributed by atoms with Crippen LogP contribution < -0.4 is 46.9 Å². The van der Waals surface area contributed by atoms with E-state index < -0.39 is 97.1 Å². The Morgan fingerprint density at radius 1 is 0.833 bits per heavy atom. The maximum atomic E-state index is 14.1. The number of nitrogens with one attached hydrogen (secondary N) is 6. The number of benzene rings is 2. The smallest absolute Gasteiger partial charge is 0.343 e. The summed E-state index contributed by atoms with van der Waals surface area (Å²) in [4.78, 5) is 134. The van der Waals surface area contributed by atoms with E-state index in [0.717, 1.165) is 15.8 Å². The lowest BCUT2D eigenvalue weighted by Crippen LogP contribution is -2.52. The maximum absolute atomic E-state index is 14.1. The van der Waals surface area contributed by atoms with Crippen LogP contribution in [0, 0.1) is 0 Å². The molecule has 410 valence electrons. The summed E-state index contributed by atoms with van der Waals surface area (Å²) in [5.41, 5.74) is 1.94. The van der Waals surface area contributed by atoms with Gasteiger partial charge in [0.15, 0.2) is 17.1 Å². The molecule has 25 heteroatoms. The number of carbonyl (C=O) groups is 9. The molecule has 2 aromatic carbocycles. The third-order valence-electron chi connectivity index (χ3n) is 14.3. The first-order valence-corrected chi connectivity index (χ1v) is 25.5. The lowest BCUT2D eigenvalue weighted by molar-refractivity contribution is -0.172. The molecule has 0 radical (unpaired) electrons. The Morgan fingerprint density at radius 3 is 2.31 bits per heavy atom. The van der Waals surface area contributed by atoms with E-state index >= 15 is 0 Å². The lowest BCUT2D eigenvalue weighted by Gasteiger charge is -2.31. The Morgan fingerprint density at radius 2 is 1.55 bits per heavy atom. The van der Waals surface area contributed by atoms with Crippen molar-refractivity contribution in [2.24, 2.45) is 0 Å². The molecule has 9 rings (SSSR count). The second kappa shape index (κ2) is 22.9. The van der Waals surface area contributed by atoms with Gasteiger partial charge in [0, 0.05) is 59.7 Å². The number of aryl methyl sites for hydroxylation is 1. The molecule has 1 aliphatic carbocycles. The molecule has 0 saturated heterocycles. The van der Waals surface area contributed by atoms with Gasteiger partial charge >= 0.3 is 5.97 Å². The molecule has 0 bridgehead atoms. The summed E-state index contributed by atoms with van der Waals surface area (Å²) in [5, 5.41) is 37.4. The molecule has 5 aliphatic rings. The van der Waals surface area contributed by atoms with Gasteiger partial charge in [0.2, 0.25) is 42.2 Å². The van der Waals surface area contributed by atoms with Gasteiger partial charge < -0.3 is 65.6 Å². The fraction of sp³-hybridized carbons (Fsp3) is 0.415. The predicted octanol–water partition coefficient (Wildman–Crippen LogP) is -0.342. The number of imide groups is 1. The number of aliphatic hydroxyl groups is 1. The molecule has 6 heterocycles. The highest BCUT2D eigenvalue weighted by Crippen LogP contribution is 2.50. The van der Waals surface area contributed by atoms with Crippen molar-refractivity contribution in [3.63, 3.8) is 0 Å². The van der Waals surface area contributed by atoms with Gasteiger partial charge in [0.25, 0.3) is 17.4 Å². The monoisotopic (exact) mass is 1080 g/mol. The number of phenols is 1. The third-order valence-corrected chi connectivity index (χ3v) is 14.3. The highest BCUT2D eigenvalue weighted by Gasteiger charge is 2.46. The highest BCUT2D eigenvalue weighted by molar-refractivity contribution is 6.12. The van der Waals surface area contributed by atoms with Crippen LogP contribution in [0.4, 0.5) is 0 Å². The second-order valence-corrected chi connectivity index (χ2v) is 19.3. The minimum absolute atomic E-state index is 0.0106. The number of unbranched alkanes of at least 4 members (excludes halogenated alkanes) is 2. The number of hydrogen-bond donors (Lipinski definition) is 8. The molecule has 8 amide bonds. The van der Waals surface area contributed by atoms with Crippen LogP contribution in [0.1, 0.15) is 91.8 Å². The number of carbonyl (C=O) groups excluding carboxylic acids is 9. The van der Waals surface area contributed by atoms with E-state index in [2.05, 4.69) is 31.9 Å². The van der Waals surface area contributed by atoms with Crippen LogP contribution in [0.3, 0.4) is 0 Å². The zero-order valence-corrected chi connectivity index (χ0v) is 42.6. The Bertz CT molecular complexity index is 3230. The fourth-order valence-corrected chi connectivity index (χ4v) is 10.1. The number of nitrogens with zero attached hydrogens (tertiary/aromatic N) is 3. The molecule has 0 unspecified atom stereocenters. The molecule has 0 saturated carbocycles. The van der Waals surface area contributed by atoms with Crippen molar-refractivity contribution < 1.29 is 72.3 Å². The van der Waals surface area contributed by atoms with Gasteiger partial charge in [-0.15, -0.1) is 0 Å². The average Bonchev–Trinajstić information content (AvgIpc) is 4.27. The van der Waals surface area contributed by atoms with Gasteiger partial charge in [-0.1, -0.05) is 25.5 Å². The van der Waals surface area contributed by atoms with E-state index in [4.69, 9.17) is 23.9 Å². The van der Waals surface area contributed by atoms with Crippen LogP contribution in [-0.4, -0.2) is 130 Å². The number of aromatic hydroxyl groups is 1. The SMILES string of the molecule is CC[C@@]1(O)C(=O)OCc2c1cc1n(c2=O)Cc2c-1nc1cc3c(c4c1c2[C@@H](NC(=O)[C@@H](C)OCNC(=O)CNC(=O)[C@H](Cc1ccc(O)cc1)NC(=O)CNC(=O)CNC(=O)CCCCCN1C(=O)C=CC1=O)CC4)OCO3. The van der Waals surface area contributed by atoms with E-state index in [0.29, 0.717) is 77.2 Å². The van der Waals surface area contributed by atoms with Crippen LogP contribution >= 0.6 is 0 Å². The zero-order chi connectivity index (χ0) is 55.4. The Kier molecular flexibility index (Phi) is 15.9. The first-order chi connectivity index (χ1) is 37.4. The van der Waals surface area contributed by atoms with Crippen molar-refractivity contribution in [1.82, 2.24) is 46.4 Å². The van der Waals surface area contributed by atoms with Gasteiger partial charge in [-0.25, -0.2) is 9.78 Å². The zero-order valence-electron chi connectivity index (χ0n) is 42.6. The number of amides is 8. The quantitative estimate of drug-likeness (QED) is 0.0190. The van der Waals surface area contributed by atoms with Crippen molar-refractivity contribution >= 4 is 64.1 Å². The summed E-state index contributed by atoms with van der Waals surface area (Å²) in [6.07, 6.45) is 3.69. The number of cyclic esters (lactones) is 1. The fourth-order valence-electron chi connectivity index (χ4n) is 10.1. The van der Waals surface area contributed by atoms with Gasteiger partial charge in [0.05, 0.1) is 54.7 Å². The number of phenolic OH excluding ortho intramolecular Hbond substituents is 1. The van der Waals surface area contributed by atoms with Gasteiger partial charge in [-0.2, -0.15) is 0 Å². The van der Waals surface area contributed by atoms with E-state index in [1.807, 2.05) is 0 Å². The summed E-state index contributed by atoms with van der Waals surface area (Å²) in [5.74, 6) is -4.41. The van der Waals surface area contributed by atoms with Crippen LogP contribution in [0.25, 0.3) is 22.3 Å². The molecule has 8 N–H and O–H groups in total. The van der Waals surface area contributed by atoms with Crippen LogP contribution in [0.15, 0.2) is 53.3 Å². The summed E-state index contributed by atoms with van der Waals surface area (Å²) < 4.78 is 24.1. The summed E-state index contributed by atoms with van der Waals surface area (Å²) in [6, 6.07) is 7.36. The van der Waals surface area contributed by atoms with Crippen LogP contribution in [0.2, 0.25) is 0 Å². The minimum Gasteiger partial charge on any atom is -0.508 e. The molecular formula is C53H57N9O16.